The summed E-state index contributed by atoms with van der Waals surface area (Å²) < 4.78 is 0.654. The molecule has 2 rings (SSSR count). The van der Waals surface area contributed by atoms with Crippen LogP contribution in [0.4, 0.5) is 0 Å². The molecule has 0 radical (unpaired) electrons. The maximum atomic E-state index is 5.17. The second kappa shape index (κ2) is 5.03. The van der Waals surface area contributed by atoms with Gasteiger partial charge in [-0.1, -0.05) is 55.9 Å². The van der Waals surface area contributed by atoms with E-state index in [1.165, 1.54) is 0 Å². The first-order chi connectivity index (χ1) is 7.79. The molecule has 0 amide bonds. The molecule has 0 spiro atoms. The minimum Gasteiger partial charge on any atom is -0.343 e. The van der Waals surface area contributed by atoms with E-state index in [-0.39, 0.29) is 0 Å². The maximum absolute atomic E-state index is 5.17. The summed E-state index contributed by atoms with van der Waals surface area (Å²) >= 11 is 5.17. The third kappa shape index (κ3) is 2.55. The number of H-pyrrole nitrogens is 1. The number of nitrogens with one attached hydrogen (secondary N) is 1. The van der Waals surface area contributed by atoms with Gasteiger partial charge in [0, 0.05) is 11.3 Å². The summed E-state index contributed by atoms with van der Waals surface area (Å²) in [6.07, 6.45) is 2.11. The largest absolute Gasteiger partial charge is 0.343 e. The van der Waals surface area contributed by atoms with Crippen LogP contribution in [0.3, 0.4) is 0 Å². The predicted octanol–water partition coefficient (Wildman–Crippen LogP) is 3.76. The number of hydrogen-bond acceptors (Lipinski definition) is 2. The van der Waals surface area contributed by atoms with E-state index in [0.717, 1.165) is 29.9 Å². The van der Waals surface area contributed by atoms with Crippen LogP contribution in [-0.2, 0) is 6.42 Å². The van der Waals surface area contributed by atoms with Gasteiger partial charge >= 0.3 is 0 Å². The summed E-state index contributed by atoms with van der Waals surface area (Å²) in [5.74, 6) is 0.858. The molecule has 2 nitrogen and oxygen atoms in total. The Morgan fingerprint density at radius 2 is 2.00 bits per heavy atom. The molecule has 0 atom stereocenters. The molecule has 0 saturated heterocycles. The van der Waals surface area contributed by atoms with E-state index in [1.807, 2.05) is 36.4 Å². The molecule has 1 aromatic carbocycles. The topological polar surface area (TPSA) is 28.7 Å². The molecule has 0 fully saturated rings. The highest BCUT2D eigenvalue weighted by atomic mass is 32.1. The van der Waals surface area contributed by atoms with Gasteiger partial charge in [-0.2, -0.15) is 0 Å². The predicted molar refractivity (Wildman–Crippen MR) is 68.9 cm³/mol. The Balaban J connectivity index is 2.45. The van der Waals surface area contributed by atoms with Gasteiger partial charge in [0.05, 0.1) is 0 Å². The first-order valence-electron chi connectivity index (χ1n) is 5.45. The van der Waals surface area contributed by atoms with Crippen molar-refractivity contribution in [2.24, 2.45) is 0 Å². The van der Waals surface area contributed by atoms with Gasteiger partial charge in [0.15, 0.2) is 0 Å². The van der Waals surface area contributed by atoms with Crippen LogP contribution < -0.4 is 0 Å². The molecule has 2 aromatic rings. The number of rotatable bonds is 3. The van der Waals surface area contributed by atoms with Crippen LogP contribution in [0.25, 0.3) is 11.4 Å². The van der Waals surface area contributed by atoms with Crippen molar-refractivity contribution >= 4 is 12.2 Å². The molecule has 0 aliphatic rings. The van der Waals surface area contributed by atoms with Crippen molar-refractivity contribution in [2.45, 2.75) is 19.8 Å². The average molecular weight is 230 g/mol. The van der Waals surface area contributed by atoms with Crippen LogP contribution >= 0.6 is 12.2 Å². The first-order valence-corrected chi connectivity index (χ1v) is 5.86. The highest BCUT2D eigenvalue weighted by Gasteiger charge is 2.00. The highest BCUT2D eigenvalue weighted by molar-refractivity contribution is 7.71. The summed E-state index contributed by atoms with van der Waals surface area (Å²) in [6.45, 7) is 2.15. The fourth-order valence-corrected chi connectivity index (χ4v) is 1.88. The number of benzene rings is 1. The highest BCUT2D eigenvalue weighted by Crippen LogP contribution is 2.14. The maximum Gasteiger partial charge on any atom is 0.139 e. The van der Waals surface area contributed by atoms with Gasteiger partial charge in [0.2, 0.25) is 0 Å². The molecule has 0 aliphatic heterocycles. The van der Waals surface area contributed by atoms with Crippen LogP contribution in [0.5, 0.6) is 0 Å². The molecule has 16 heavy (non-hydrogen) atoms. The zero-order valence-corrected chi connectivity index (χ0v) is 10.1. The Labute approximate surface area is 100 Å². The van der Waals surface area contributed by atoms with Gasteiger partial charge in [-0.05, 0) is 12.5 Å². The van der Waals surface area contributed by atoms with Gasteiger partial charge < -0.3 is 4.98 Å². The number of nitrogens with zero attached hydrogens (tertiary/aromatic N) is 1. The smallest absolute Gasteiger partial charge is 0.139 e. The third-order valence-electron chi connectivity index (χ3n) is 2.37. The van der Waals surface area contributed by atoms with E-state index in [4.69, 9.17) is 12.2 Å². The van der Waals surface area contributed by atoms with E-state index in [9.17, 15) is 0 Å². The van der Waals surface area contributed by atoms with Crippen LogP contribution in [0, 0.1) is 4.64 Å². The molecule has 3 heteroatoms. The summed E-state index contributed by atoms with van der Waals surface area (Å²) in [6, 6.07) is 12.0. The Hall–Kier alpha value is -1.48. The lowest BCUT2D eigenvalue weighted by Gasteiger charge is -2.04. The fraction of sp³-hybridized carbons (Fsp3) is 0.231. The van der Waals surface area contributed by atoms with E-state index in [0.29, 0.717) is 4.64 Å². The Bertz CT molecular complexity index is 517. The normalized spacial score (nSPS) is 10.3. The number of aromatic amines is 1. The van der Waals surface area contributed by atoms with Crippen LogP contribution in [0.1, 0.15) is 19.0 Å². The molecule has 0 aliphatic carbocycles. The van der Waals surface area contributed by atoms with Crippen molar-refractivity contribution in [1.82, 2.24) is 9.97 Å². The van der Waals surface area contributed by atoms with Crippen molar-refractivity contribution in [3.63, 3.8) is 0 Å². The zero-order valence-electron chi connectivity index (χ0n) is 9.23. The monoisotopic (exact) mass is 230 g/mol. The van der Waals surface area contributed by atoms with Crippen molar-refractivity contribution in [1.29, 1.82) is 0 Å². The first kappa shape index (κ1) is 11.0. The van der Waals surface area contributed by atoms with Crippen molar-refractivity contribution < 1.29 is 0 Å². The molecule has 1 N–H and O–H groups in total. The second-order valence-corrected chi connectivity index (χ2v) is 4.13. The minimum atomic E-state index is 0.654. The van der Waals surface area contributed by atoms with Gasteiger partial charge in [-0.3, -0.25) is 0 Å². The summed E-state index contributed by atoms with van der Waals surface area (Å²) in [4.78, 5) is 7.67. The van der Waals surface area contributed by atoms with Gasteiger partial charge in [-0.25, -0.2) is 4.98 Å². The van der Waals surface area contributed by atoms with Gasteiger partial charge in [0.25, 0.3) is 0 Å². The van der Waals surface area contributed by atoms with Crippen LogP contribution in [-0.4, -0.2) is 9.97 Å². The lowest BCUT2D eigenvalue weighted by atomic mass is 10.2. The summed E-state index contributed by atoms with van der Waals surface area (Å²) in [5.41, 5.74) is 2.23. The lowest BCUT2D eigenvalue weighted by molar-refractivity contribution is 0.873. The molecular weight excluding hydrogens is 216 g/mol. The van der Waals surface area contributed by atoms with Crippen molar-refractivity contribution in [3.05, 3.63) is 46.7 Å². The van der Waals surface area contributed by atoms with E-state index >= 15 is 0 Å². The Kier molecular flexibility index (Phi) is 3.47. The molecule has 0 bridgehead atoms. The fourth-order valence-electron chi connectivity index (χ4n) is 1.64. The minimum absolute atomic E-state index is 0.654. The molecular formula is C13H14N2S. The quantitative estimate of drug-likeness (QED) is 0.813. The Morgan fingerprint density at radius 3 is 2.69 bits per heavy atom. The lowest BCUT2D eigenvalue weighted by Crippen LogP contribution is -1.95. The number of hydrogen-bond donors (Lipinski definition) is 1. The van der Waals surface area contributed by atoms with Gasteiger partial charge in [0.1, 0.15) is 10.5 Å². The molecule has 1 heterocycles. The second-order valence-electron chi connectivity index (χ2n) is 3.71. The molecule has 0 saturated carbocycles. The van der Waals surface area contributed by atoms with E-state index < -0.39 is 0 Å². The summed E-state index contributed by atoms with van der Waals surface area (Å²) in [5, 5.41) is 0. The zero-order chi connectivity index (χ0) is 11.4. The summed E-state index contributed by atoms with van der Waals surface area (Å²) in [7, 11) is 0. The number of aryl methyl sites for hydroxylation is 1. The molecule has 0 unspecified atom stereocenters. The van der Waals surface area contributed by atoms with E-state index in [2.05, 4.69) is 16.9 Å². The van der Waals surface area contributed by atoms with Crippen LogP contribution in [0.15, 0.2) is 36.4 Å². The van der Waals surface area contributed by atoms with E-state index in [1.54, 1.807) is 0 Å². The Morgan fingerprint density at radius 1 is 1.25 bits per heavy atom. The standard InChI is InChI=1S/C13H14N2S/c1-2-6-11-9-12(16)15-13(14-11)10-7-4-3-5-8-10/h3-5,7-9H,2,6H2,1H3,(H,14,15,16). The van der Waals surface area contributed by atoms with Crippen molar-refractivity contribution in [3.8, 4) is 11.4 Å². The van der Waals surface area contributed by atoms with Gasteiger partial charge in [-0.15, -0.1) is 0 Å². The van der Waals surface area contributed by atoms with Crippen molar-refractivity contribution in [2.75, 3.05) is 0 Å². The average Bonchev–Trinajstić information content (AvgIpc) is 2.30. The third-order valence-corrected chi connectivity index (χ3v) is 2.57. The van der Waals surface area contributed by atoms with Crippen LogP contribution in [0.2, 0.25) is 0 Å². The molecule has 1 aromatic heterocycles. The number of aromatic nitrogens is 2. The molecule has 82 valence electrons. The SMILES string of the molecule is CCCc1cc(=S)nc(-c2ccccc2)[nH]1.